The molecule has 5 unspecified atom stereocenters. The van der Waals surface area contributed by atoms with Gasteiger partial charge in [0, 0.05) is 55.3 Å². The Labute approximate surface area is 417 Å². The van der Waals surface area contributed by atoms with Gasteiger partial charge in [0.25, 0.3) is 0 Å². The van der Waals surface area contributed by atoms with E-state index in [-0.39, 0.29) is 72.0 Å². The summed E-state index contributed by atoms with van der Waals surface area (Å²) >= 11 is 1.69. The SMILES string of the molecule is COC(=O)N[C@H](C(=O)N1CCC[C@H]1C1NCC(c2cc(F)c3c(c2)OC(c2cnc(C4CCCC4)s2)n2c-3cc3cc(C4CNC([C@@H]5C[C@H]6C[C@H]6N5C(=O)[C@H](NC(=O)OC)C(C)C)N4)ccc32)N1)C(C)C. The van der Waals surface area contributed by atoms with Gasteiger partial charge in [0.05, 0.1) is 65.3 Å². The van der Waals surface area contributed by atoms with Crippen LogP contribution in [0.25, 0.3) is 22.2 Å². The molecule has 0 radical (unpaired) electrons. The maximum Gasteiger partial charge on any atom is 0.407 e. The molecule has 5 aliphatic heterocycles. The van der Waals surface area contributed by atoms with Crippen molar-refractivity contribution in [3.05, 3.63) is 69.4 Å². The van der Waals surface area contributed by atoms with Crippen LogP contribution in [0.5, 0.6) is 5.75 Å². The molecule has 2 aromatic heterocycles. The Bertz CT molecular complexity index is 2710. The first-order valence-electron chi connectivity index (χ1n) is 25.7. The monoisotopic (exact) mass is 994 g/mol. The van der Waals surface area contributed by atoms with Crippen molar-refractivity contribution < 1.29 is 37.8 Å². The van der Waals surface area contributed by atoms with Gasteiger partial charge >= 0.3 is 12.2 Å². The summed E-state index contributed by atoms with van der Waals surface area (Å²) < 4.78 is 35.9. The summed E-state index contributed by atoms with van der Waals surface area (Å²) in [7, 11) is 2.60. The average Bonchev–Trinajstić information content (AvgIpc) is 4.18. The van der Waals surface area contributed by atoms with Gasteiger partial charge in [-0.25, -0.2) is 19.0 Å². The van der Waals surface area contributed by atoms with Crippen LogP contribution in [-0.2, 0) is 19.1 Å². The number of benzene rings is 2. The number of methoxy groups -OCH3 is 2. The molecule has 4 saturated heterocycles. The zero-order valence-electron chi connectivity index (χ0n) is 41.3. The number of nitrogens with zero attached hydrogens (tertiary/aromatic N) is 4. The summed E-state index contributed by atoms with van der Waals surface area (Å²) in [5.74, 6) is 0.502. The molecule has 17 nitrogen and oxygen atoms in total. The van der Waals surface area contributed by atoms with Crippen LogP contribution in [0.2, 0.25) is 0 Å². The van der Waals surface area contributed by atoms with E-state index in [0.29, 0.717) is 42.8 Å². The minimum absolute atomic E-state index is 0.0441. The van der Waals surface area contributed by atoms with Crippen molar-refractivity contribution in [2.45, 2.75) is 146 Å². The average molecular weight is 995 g/mol. The van der Waals surface area contributed by atoms with Crippen molar-refractivity contribution in [3.63, 3.8) is 0 Å². The topological polar surface area (TPSA) is 192 Å². The first kappa shape index (κ1) is 48.0. The standard InChI is InChI=1S/C52H67FN10O7S/c1-25(2)43(59-51(66)68-5)48(64)61-15-9-12-36(61)45-54-23-34(58-45)29-17-32(53)42-38-19-30-16-28(13-14-35(30)63(38)50(70-40(42)21-29)41-24-56-47(71-41)27-10-7-8-11-27)33-22-55-46(57-33)39-20-31-18-37(31)62(39)49(65)44(26(3)4)60-52(67)69-6/h13-14,16-17,19,21,24-27,31,33-34,36-37,39,43-46,50,54-55,57-58H,7-12,15,18,20,22-23H2,1-6H3,(H,59,66)(H,60,67)/t31-,33?,34?,36+,37-,39+,43+,44-,45?,46?,50?/m1/s1. The van der Waals surface area contributed by atoms with E-state index in [4.69, 9.17) is 19.2 Å². The quantitative estimate of drug-likeness (QED) is 0.0922. The predicted octanol–water partition coefficient (Wildman–Crippen LogP) is 6.36. The van der Waals surface area contributed by atoms with Crippen LogP contribution in [0.1, 0.15) is 124 Å². The molecular formula is C52H67FN10O7S. The van der Waals surface area contributed by atoms with Crippen molar-refractivity contribution >= 4 is 46.2 Å². The summed E-state index contributed by atoms with van der Waals surface area (Å²) in [6, 6.07) is 10.3. The molecule has 2 aromatic carbocycles. The molecule has 19 heteroatoms. The predicted molar refractivity (Wildman–Crippen MR) is 265 cm³/mol. The number of carbonyl (C=O) groups is 4. The Balaban J connectivity index is 0.864. The van der Waals surface area contributed by atoms with E-state index in [1.54, 1.807) is 17.4 Å². The van der Waals surface area contributed by atoms with Crippen molar-refractivity contribution in [3.8, 4) is 17.0 Å². The van der Waals surface area contributed by atoms with Gasteiger partial charge in [-0.15, -0.1) is 11.3 Å². The zero-order chi connectivity index (χ0) is 49.4. The number of amides is 4. The smallest absolute Gasteiger partial charge is 0.407 e. The van der Waals surface area contributed by atoms with Crippen LogP contribution >= 0.6 is 11.3 Å². The Kier molecular flexibility index (Phi) is 13.0. The van der Waals surface area contributed by atoms with Crippen LogP contribution in [0.4, 0.5) is 14.0 Å². The molecule has 0 bridgehead atoms. The third kappa shape index (κ3) is 8.82. The molecule has 2 aliphatic carbocycles. The summed E-state index contributed by atoms with van der Waals surface area (Å²) in [4.78, 5) is 62.2. The van der Waals surface area contributed by atoms with Gasteiger partial charge in [0.1, 0.15) is 23.7 Å². The first-order valence-corrected chi connectivity index (χ1v) is 26.5. The van der Waals surface area contributed by atoms with E-state index >= 15 is 4.39 Å². The number of ether oxygens (including phenoxy) is 3. The second-order valence-corrected chi connectivity index (χ2v) is 22.5. The number of likely N-dealkylation sites (tertiary alicyclic amines) is 2. The highest BCUT2D eigenvalue weighted by Gasteiger charge is 2.57. The highest BCUT2D eigenvalue weighted by atomic mass is 32.1. The first-order chi connectivity index (χ1) is 34.3. The molecule has 6 fully saturated rings. The number of hydrogen-bond donors (Lipinski definition) is 6. The number of halogens is 1. The van der Waals surface area contributed by atoms with E-state index in [9.17, 15) is 19.2 Å². The highest BCUT2D eigenvalue weighted by Crippen LogP contribution is 2.51. The Morgan fingerprint density at radius 2 is 1.46 bits per heavy atom. The lowest BCUT2D eigenvalue weighted by Gasteiger charge is -2.35. The molecular weight excluding hydrogens is 928 g/mol. The molecule has 0 spiro atoms. The van der Waals surface area contributed by atoms with Crippen LogP contribution in [-0.4, -0.2) is 120 Å². The van der Waals surface area contributed by atoms with Crippen molar-refractivity contribution in [1.82, 2.24) is 51.3 Å². The van der Waals surface area contributed by atoms with Crippen LogP contribution < -0.4 is 36.6 Å². The number of thiazole rings is 1. The second-order valence-electron chi connectivity index (χ2n) is 21.4. The maximum atomic E-state index is 17.1. The third-order valence-electron chi connectivity index (χ3n) is 16.3. The Morgan fingerprint density at radius 3 is 2.15 bits per heavy atom. The van der Waals surface area contributed by atoms with Gasteiger partial charge in [-0.1, -0.05) is 46.6 Å². The highest BCUT2D eigenvalue weighted by molar-refractivity contribution is 7.11. The summed E-state index contributed by atoms with van der Waals surface area (Å²) in [6.07, 6.45) is 7.86. The number of aromatic nitrogens is 2. The number of nitrogens with one attached hydrogen (secondary N) is 6. The van der Waals surface area contributed by atoms with Crippen molar-refractivity contribution in [1.29, 1.82) is 0 Å². The fourth-order valence-electron chi connectivity index (χ4n) is 12.5. The molecule has 4 aromatic rings. The van der Waals surface area contributed by atoms with E-state index in [1.807, 2.05) is 49.8 Å². The maximum absolute atomic E-state index is 17.1. The van der Waals surface area contributed by atoms with Gasteiger partial charge in [-0.3, -0.25) is 35.4 Å². The minimum atomic E-state index is -0.723. The normalized spacial score (nSPS) is 28.7. The number of alkyl carbamates (subject to hydrolysis) is 2. The molecule has 6 N–H and O–H groups in total. The largest absolute Gasteiger partial charge is 0.464 e. The number of carbonyl (C=O) groups excluding carboxylic acids is 4. The third-order valence-corrected chi connectivity index (χ3v) is 17.5. The molecule has 4 amide bonds. The Hall–Kier alpha value is -5.34. The number of fused-ring (bicyclic) bond motifs is 6. The molecule has 7 aliphatic rings. The van der Waals surface area contributed by atoms with Gasteiger partial charge < -0.3 is 34.6 Å². The number of hydrogen-bond acceptors (Lipinski definition) is 13. The number of rotatable bonds is 12. The van der Waals surface area contributed by atoms with Crippen LogP contribution in [0.3, 0.4) is 0 Å². The van der Waals surface area contributed by atoms with Crippen LogP contribution in [0, 0.1) is 23.6 Å². The summed E-state index contributed by atoms with van der Waals surface area (Å²) in [5, 5.41) is 22.4. The van der Waals surface area contributed by atoms with E-state index in [0.717, 1.165) is 76.1 Å². The summed E-state index contributed by atoms with van der Waals surface area (Å²) in [6.45, 7) is 9.44. The fourth-order valence-corrected chi connectivity index (χ4v) is 13.7. The van der Waals surface area contributed by atoms with Crippen LogP contribution in [0.15, 0.2) is 42.6 Å². The number of piperidine rings is 1. The van der Waals surface area contributed by atoms with Gasteiger partial charge in [-0.05, 0) is 97.7 Å². The lowest BCUT2D eigenvalue weighted by Crippen LogP contribution is -2.58. The molecule has 11 rings (SSSR count). The molecule has 71 heavy (non-hydrogen) atoms. The molecule has 11 atom stereocenters. The van der Waals surface area contributed by atoms with Gasteiger partial charge in [-0.2, -0.15) is 0 Å². The summed E-state index contributed by atoms with van der Waals surface area (Å²) in [5.41, 5.74) is 3.88. The van der Waals surface area contributed by atoms with E-state index < -0.39 is 30.5 Å². The molecule has 380 valence electrons. The van der Waals surface area contributed by atoms with E-state index in [2.05, 4.69) is 60.7 Å². The molecule has 7 heterocycles. The zero-order valence-corrected chi connectivity index (χ0v) is 42.2. The molecule has 2 saturated carbocycles. The minimum Gasteiger partial charge on any atom is -0.464 e. The lowest BCUT2D eigenvalue weighted by atomic mass is 10.0. The lowest BCUT2D eigenvalue weighted by molar-refractivity contribution is -0.137. The second kappa shape index (κ2) is 19.3. The van der Waals surface area contributed by atoms with E-state index in [1.165, 1.54) is 27.1 Å². The van der Waals surface area contributed by atoms with Crippen molar-refractivity contribution in [2.75, 3.05) is 33.9 Å². The Morgan fingerprint density at radius 1 is 0.803 bits per heavy atom. The van der Waals surface area contributed by atoms with Crippen molar-refractivity contribution in [2.24, 2.45) is 17.8 Å². The van der Waals surface area contributed by atoms with Gasteiger partial charge in [0.2, 0.25) is 18.0 Å². The fraction of sp³-hybridized carbons (Fsp3) is 0.596. The van der Waals surface area contributed by atoms with Gasteiger partial charge in [0.15, 0.2) is 0 Å².